The molecular weight excluding hydrogens is 339 g/mol. The van der Waals surface area contributed by atoms with Gasteiger partial charge >= 0.3 is 11.8 Å². The van der Waals surface area contributed by atoms with Crippen LogP contribution >= 0.6 is 0 Å². The van der Waals surface area contributed by atoms with E-state index in [4.69, 9.17) is 4.42 Å². The number of alkyl halides is 3. The van der Waals surface area contributed by atoms with Gasteiger partial charge < -0.3 is 14.8 Å². The first kappa shape index (κ1) is 16.6. The van der Waals surface area contributed by atoms with Gasteiger partial charge in [0.1, 0.15) is 11.3 Å². The van der Waals surface area contributed by atoms with Gasteiger partial charge in [0.15, 0.2) is 5.56 Å². The molecule has 0 atom stereocenters. The first-order valence-corrected chi connectivity index (χ1v) is 7.01. The van der Waals surface area contributed by atoms with Gasteiger partial charge in [0.05, 0.1) is 10.9 Å². The lowest BCUT2D eigenvalue weighted by Crippen LogP contribution is -2.21. The van der Waals surface area contributed by atoms with Gasteiger partial charge in [-0.3, -0.25) is 4.79 Å². The highest BCUT2D eigenvalue weighted by Crippen LogP contribution is 2.30. The summed E-state index contributed by atoms with van der Waals surface area (Å²) in [6.07, 6.45) is -4.50. The number of fused-ring (bicyclic) bond motifs is 1. The Morgan fingerprint density at radius 1 is 1.04 bits per heavy atom. The highest BCUT2D eigenvalue weighted by molar-refractivity contribution is 6.08. The number of carbonyl (C=O) groups is 1. The van der Waals surface area contributed by atoms with Gasteiger partial charge in [-0.2, -0.15) is 13.2 Å². The summed E-state index contributed by atoms with van der Waals surface area (Å²) >= 11 is 0. The van der Waals surface area contributed by atoms with Gasteiger partial charge in [-0.15, -0.1) is 0 Å². The molecule has 0 spiro atoms. The minimum Gasteiger partial charge on any atom is -0.506 e. The molecule has 2 aromatic carbocycles. The van der Waals surface area contributed by atoms with E-state index in [0.717, 1.165) is 24.3 Å². The largest absolute Gasteiger partial charge is 0.506 e. The number of hydrogen-bond donors (Lipinski definition) is 2. The average Bonchev–Trinajstić information content (AvgIpc) is 2.54. The molecule has 1 amide bonds. The summed E-state index contributed by atoms with van der Waals surface area (Å²) in [6, 6.07) is 9.75. The van der Waals surface area contributed by atoms with Gasteiger partial charge in [0, 0.05) is 5.69 Å². The highest BCUT2D eigenvalue weighted by atomic mass is 19.4. The van der Waals surface area contributed by atoms with E-state index < -0.39 is 34.6 Å². The molecule has 25 heavy (non-hydrogen) atoms. The van der Waals surface area contributed by atoms with Crippen molar-refractivity contribution in [2.75, 3.05) is 5.32 Å². The topological polar surface area (TPSA) is 79.5 Å². The molecule has 0 unspecified atom stereocenters. The maximum absolute atomic E-state index is 12.5. The van der Waals surface area contributed by atoms with Crippen LogP contribution in [0.15, 0.2) is 57.7 Å². The monoisotopic (exact) mass is 349 g/mol. The van der Waals surface area contributed by atoms with Crippen molar-refractivity contribution < 1.29 is 27.5 Å². The molecule has 0 aliphatic rings. The number of halogens is 3. The van der Waals surface area contributed by atoms with Gasteiger partial charge in [0.2, 0.25) is 0 Å². The number of aromatic hydroxyl groups is 1. The molecule has 1 aromatic heterocycles. The van der Waals surface area contributed by atoms with Crippen molar-refractivity contribution in [2.45, 2.75) is 6.18 Å². The molecule has 3 rings (SSSR count). The minimum atomic E-state index is -4.50. The molecule has 0 fully saturated rings. The number of carbonyl (C=O) groups excluding carboxylic acids is 1. The summed E-state index contributed by atoms with van der Waals surface area (Å²) in [5, 5.41) is 12.6. The fraction of sp³-hybridized carbons (Fsp3) is 0.0588. The number of anilines is 1. The molecule has 5 nitrogen and oxygen atoms in total. The number of benzene rings is 2. The van der Waals surface area contributed by atoms with E-state index in [1.165, 1.54) is 12.1 Å². The van der Waals surface area contributed by atoms with Crippen molar-refractivity contribution in [1.82, 2.24) is 0 Å². The zero-order valence-corrected chi connectivity index (χ0v) is 12.4. The lowest BCUT2D eigenvalue weighted by atomic mass is 10.1. The molecule has 0 radical (unpaired) electrons. The van der Waals surface area contributed by atoms with E-state index in [1.54, 1.807) is 12.1 Å². The second-order valence-corrected chi connectivity index (χ2v) is 5.14. The average molecular weight is 349 g/mol. The molecule has 128 valence electrons. The van der Waals surface area contributed by atoms with Gasteiger partial charge in [0.25, 0.3) is 5.91 Å². The number of rotatable bonds is 2. The molecule has 2 N–H and O–H groups in total. The number of amides is 1. The van der Waals surface area contributed by atoms with Gasteiger partial charge in [-0.1, -0.05) is 12.1 Å². The van der Waals surface area contributed by atoms with Crippen molar-refractivity contribution in [1.29, 1.82) is 0 Å². The lowest BCUT2D eigenvalue weighted by Gasteiger charge is -2.09. The van der Waals surface area contributed by atoms with Crippen LogP contribution in [0.3, 0.4) is 0 Å². The first-order chi connectivity index (χ1) is 11.8. The molecule has 1 heterocycles. The zero-order valence-electron chi connectivity index (χ0n) is 12.4. The van der Waals surface area contributed by atoms with Crippen molar-refractivity contribution in [3.8, 4) is 5.75 Å². The summed E-state index contributed by atoms with van der Waals surface area (Å²) in [5.74, 6) is -1.55. The number of para-hydroxylation sites is 1. The Kier molecular flexibility index (Phi) is 3.96. The van der Waals surface area contributed by atoms with Crippen LogP contribution in [0.1, 0.15) is 15.9 Å². The maximum atomic E-state index is 12.5. The van der Waals surface area contributed by atoms with Crippen molar-refractivity contribution >= 4 is 22.6 Å². The quantitative estimate of drug-likeness (QED) is 0.690. The zero-order chi connectivity index (χ0) is 18.2. The molecule has 0 saturated heterocycles. The van der Waals surface area contributed by atoms with E-state index in [-0.39, 0.29) is 16.7 Å². The third-order valence-electron chi connectivity index (χ3n) is 3.48. The molecule has 0 saturated carbocycles. The fourth-order valence-corrected chi connectivity index (χ4v) is 2.27. The molecule has 3 aromatic rings. The molecule has 8 heteroatoms. The maximum Gasteiger partial charge on any atom is 0.416 e. The van der Waals surface area contributed by atoms with Crippen LogP contribution in [0.4, 0.5) is 18.9 Å². The Bertz CT molecular complexity index is 1010. The molecular formula is C17H10F3NO4. The summed E-state index contributed by atoms with van der Waals surface area (Å²) in [7, 11) is 0. The fourth-order valence-electron chi connectivity index (χ4n) is 2.27. The van der Waals surface area contributed by atoms with Crippen molar-refractivity contribution in [3.05, 3.63) is 70.1 Å². The Morgan fingerprint density at radius 3 is 2.32 bits per heavy atom. The number of hydrogen-bond acceptors (Lipinski definition) is 4. The van der Waals surface area contributed by atoms with Crippen LogP contribution in [0.5, 0.6) is 5.75 Å². The highest BCUT2D eigenvalue weighted by Gasteiger charge is 2.30. The number of nitrogens with one attached hydrogen (secondary N) is 1. The predicted molar refractivity (Wildman–Crippen MR) is 83.5 cm³/mol. The second-order valence-electron chi connectivity index (χ2n) is 5.14. The van der Waals surface area contributed by atoms with Gasteiger partial charge in [-0.05, 0) is 36.4 Å². The van der Waals surface area contributed by atoms with E-state index >= 15 is 0 Å². The third kappa shape index (κ3) is 3.18. The smallest absolute Gasteiger partial charge is 0.416 e. The van der Waals surface area contributed by atoms with Crippen molar-refractivity contribution in [2.24, 2.45) is 0 Å². The van der Waals surface area contributed by atoms with Crippen molar-refractivity contribution in [3.63, 3.8) is 0 Å². The SMILES string of the molecule is O=C(Nc1ccc(C(F)(F)F)cc1)c1c(O)c2ccccc2oc1=O. The summed E-state index contributed by atoms with van der Waals surface area (Å²) in [6.45, 7) is 0. The Balaban J connectivity index is 1.94. The third-order valence-corrected chi connectivity index (χ3v) is 3.48. The van der Waals surface area contributed by atoms with E-state index in [2.05, 4.69) is 5.32 Å². The molecule has 0 bridgehead atoms. The van der Waals surface area contributed by atoms with Gasteiger partial charge in [-0.25, -0.2) is 4.79 Å². The summed E-state index contributed by atoms with van der Waals surface area (Å²) in [4.78, 5) is 24.2. The minimum absolute atomic E-state index is 0.0324. The Labute approximate surface area is 138 Å². The van der Waals surface area contributed by atoms with E-state index in [9.17, 15) is 27.9 Å². The summed E-state index contributed by atoms with van der Waals surface area (Å²) < 4.78 is 42.6. The Morgan fingerprint density at radius 2 is 1.68 bits per heavy atom. The molecule has 0 aliphatic heterocycles. The first-order valence-electron chi connectivity index (χ1n) is 7.01. The van der Waals surface area contributed by atoms with Crippen LogP contribution in [0.2, 0.25) is 0 Å². The van der Waals surface area contributed by atoms with Crippen LogP contribution < -0.4 is 10.9 Å². The van der Waals surface area contributed by atoms with Crippen LogP contribution in [0.25, 0.3) is 11.0 Å². The standard InChI is InChI=1S/C17H10F3NO4/c18-17(19,20)9-5-7-10(8-6-9)21-15(23)13-14(22)11-3-1-2-4-12(11)25-16(13)24/h1-8,22H,(H,21,23). The molecule has 0 aliphatic carbocycles. The van der Waals surface area contributed by atoms with Crippen LogP contribution in [-0.2, 0) is 6.18 Å². The van der Waals surface area contributed by atoms with E-state index in [1.807, 2.05) is 0 Å². The van der Waals surface area contributed by atoms with E-state index in [0.29, 0.717) is 0 Å². The second kappa shape index (κ2) is 5.97. The van der Waals surface area contributed by atoms with Crippen LogP contribution in [-0.4, -0.2) is 11.0 Å². The lowest BCUT2D eigenvalue weighted by molar-refractivity contribution is -0.137. The van der Waals surface area contributed by atoms with Crippen LogP contribution in [0, 0.1) is 0 Å². The summed E-state index contributed by atoms with van der Waals surface area (Å²) in [5.41, 5.74) is -2.42. The normalized spacial score (nSPS) is 11.5. The predicted octanol–water partition coefficient (Wildman–Crippen LogP) is 3.77. The Hall–Kier alpha value is -3.29.